The first kappa shape index (κ1) is 20.4. The van der Waals surface area contributed by atoms with Crippen molar-refractivity contribution in [2.75, 3.05) is 0 Å². The number of carbonyl (C=O) groups is 1. The summed E-state index contributed by atoms with van der Waals surface area (Å²) in [6.45, 7) is 8.96. The lowest BCUT2D eigenvalue weighted by atomic mass is 10.1. The number of hydrogen-bond donors (Lipinski definition) is 0. The van der Waals surface area contributed by atoms with E-state index in [1.54, 1.807) is 37.0 Å². The number of ether oxygens (including phenoxy) is 1. The van der Waals surface area contributed by atoms with E-state index in [1.807, 2.05) is 32.9 Å². The van der Waals surface area contributed by atoms with Crippen LogP contribution in [0.4, 0.5) is 0 Å². The van der Waals surface area contributed by atoms with Crippen LogP contribution in [0.15, 0.2) is 34.9 Å². The summed E-state index contributed by atoms with van der Waals surface area (Å²) in [5.74, 6) is -0.583. The zero-order valence-corrected chi connectivity index (χ0v) is 17.7. The van der Waals surface area contributed by atoms with Crippen LogP contribution in [0.3, 0.4) is 0 Å². The predicted molar refractivity (Wildman–Crippen MR) is 109 cm³/mol. The first-order valence-electron chi connectivity index (χ1n) is 9.39. The molecule has 1 aliphatic rings. The molecule has 0 bridgehead atoms. The number of rotatable bonds is 6. The molecule has 0 radical (unpaired) electrons. The van der Waals surface area contributed by atoms with Crippen molar-refractivity contribution in [2.24, 2.45) is 4.40 Å². The zero-order valence-electron chi connectivity index (χ0n) is 16.9. The van der Waals surface area contributed by atoms with Gasteiger partial charge in [-0.15, -0.1) is 0 Å². The highest BCUT2D eigenvalue weighted by atomic mass is 32.2. The maximum Gasteiger partial charge on any atom is 0.358 e. The maximum absolute atomic E-state index is 12.5. The third-order valence-electron chi connectivity index (χ3n) is 4.07. The first-order chi connectivity index (χ1) is 13.1. The Hall–Kier alpha value is -2.35. The predicted octanol–water partition coefficient (Wildman–Crippen LogP) is 3.48. The van der Waals surface area contributed by atoms with Crippen LogP contribution in [-0.2, 0) is 20.5 Å². The summed E-state index contributed by atoms with van der Waals surface area (Å²) in [5.41, 5.74) is 2.29. The van der Waals surface area contributed by atoms with Gasteiger partial charge in [0.2, 0.25) is 0 Å². The van der Waals surface area contributed by atoms with Crippen LogP contribution in [-0.4, -0.2) is 41.7 Å². The number of esters is 1. The summed E-state index contributed by atoms with van der Waals surface area (Å²) in [4.78, 5) is 14.3. The van der Waals surface area contributed by atoms with E-state index in [0.29, 0.717) is 11.6 Å². The Labute approximate surface area is 167 Å². The van der Waals surface area contributed by atoms with Crippen molar-refractivity contribution < 1.29 is 13.7 Å². The lowest BCUT2D eigenvalue weighted by Gasteiger charge is -2.16. The molecule has 0 spiro atoms. The number of carbonyl (C=O) groups excluding carboxylic acids is 1. The topological polar surface area (TPSA) is 86.4 Å². The zero-order chi connectivity index (χ0) is 20.5. The fraction of sp³-hybridized carbons (Fsp3) is 0.500. The Bertz CT molecular complexity index is 906. The Kier molecular flexibility index (Phi) is 5.79. The average Bonchev–Trinajstić information content (AvgIpc) is 3.35. The van der Waals surface area contributed by atoms with E-state index in [0.717, 1.165) is 24.1 Å². The van der Waals surface area contributed by atoms with Gasteiger partial charge in [0.25, 0.3) is 0 Å². The Morgan fingerprint density at radius 3 is 2.43 bits per heavy atom. The van der Waals surface area contributed by atoms with Gasteiger partial charge in [0.1, 0.15) is 16.7 Å². The largest absolute Gasteiger partial charge is 0.458 e. The van der Waals surface area contributed by atoms with E-state index >= 15 is 0 Å². The molecule has 0 N–H and O–H groups in total. The molecule has 0 aliphatic heterocycles. The molecular weight excluding hydrogens is 376 g/mol. The molecule has 8 heteroatoms. The summed E-state index contributed by atoms with van der Waals surface area (Å²) < 4.78 is 21.4. The van der Waals surface area contributed by atoms with Crippen LogP contribution < -0.4 is 0 Å². The number of aromatic nitrogens is 3. The number of hydrogen-bond acceptors (Lipinski definition) is 5. The molecule has 28 heavy (non-hydrogen) atoms. The van der Waals surface area contributed by atoms with Gasteiger partial charge in [-0.05, 0) is 47.5 Å². The van der Waals surface area contributed by atoms with Crippen molar-refractivity contribution in [3.8, 4) is 11.3 Å². The van der Waals surface area contributed by atoms with Gasteiger partial charge in [0.15, 0.2) is 5.71 Å². The summed E-state index contributed by atoms with van der Waals surface area (Å²) in [7, 11) is -1.58. The van der Waals surface area contributed by atoms with Crippen LogP contribution in [0, 0.1) is 0 Å². The molecule has 1 aromatic heterocycles. The van der Waals surface area contributed by atoms with Crippen LogP contribution in [0.2, 0.25) is 0 Å². The molecular formula is C20H26N4O3S. The Morgan fingerprint density at radius 2 is 1.89 bits per heavy atom. The van der Waals surface area contributed by atoms with E-state index in [4.69, 9.17) is 4.74 Å². The van der Waals surface area contributed by atoms with Crippen molar-refractivity contribution in [2.45, 2.75) is 64.4 Å². The van der Waals surface area contributed by atoms with Gasteiger partial charge in [-0.2, -0.15) is 19.4 Å². The third kappa shape index (κ3) is 4.92. The van der Waals surface area contributed by atoms with Gasteiger partial charge in [-0.1, -0.05) is 24.3 Å². The van der Waals surface area contributed by atoms with E-state index in [-0.39, 0.29) is 11.8 Å². The number of benzene rings is 1. The van der Waals surface area contributed by atoms with Crippen molar-refractivity contribution >= 4 is 22.7 Å². The fourth-order valence-corrected chi connectivity index (χ4v) is 3.01. The van der Waals surface area contributed by atoms with E-state index in [2.05, 4.69) is 14.6 Å². The molecule has 1 atom stereocenters. The highest BCUT2D eigenvalue weighted by molar-refractivity contribution is 7.85. The highest BCUT2D eigenvalue weighted by Gasteiger charge is 2.26. The van der Waals surface area contributed by atoms with Crippen LogP contribution in [0.25, 0.3) is 11.3 Å². The second-order valence-electron chi connectivity index (χ2n) is 8.11. The molecule has 1 saturated carbocycles. The van der Waals surface area contributed by atoms with Crippen molar-refractivity contribution in [3.63, 3.8) is 0 Å². The smallest absolute Gasteiger partial charge is 0.358 e. The maximum atomic E-state index is 12.5. The first-order valence-corrected chi connectivity index (χ1v) is 10.5. The van der Waals surface area contributed by atoms with Gasteiger partial charge in [0, 0.05) is 11.1 Å². The molecule has 1 heterocycles. The van der Waals surface area contributed by atoms with Crippen LogP contribution in [0.5, 0.6) is 0 Å². The highest BCUT2D eigenvalue weighted by Crippen LogP contribution is 2.33. The molecule has 0 unspecified atom stereocenters. The minimum absolute atomic E-state index is 0.0649. The molecule has 1 aliphatic carbocycles. The Balaban J connectivity index is 1.89. The molecule has 1 fully saturated rings. The van der Waals surface area contributed by atoms with Gasteiger partial charge in [-0.3, -0.25) is 0 Å². The van der Waals surface area contributed by atoms with Crippen LogP contribution in [0.1, 0.15) is 59.1 Å². The summed E-state index contributed by atoms with van der Waals surface area (Å²) in [6.07, 6.45) is 3.69. The van der Waals surface area contributed by atoms with Gasteiger partial charge in [-0.25, -0.2) is 9.00 Å². The SMILES string of the molecule is CC(C)OC(=O)/C(=N\[S@@](=O)C(C)(C)C)c1ccc(-c2cnn(C3CC3)n2)cc1. The van der Waals surface area contributed by atoms with Gasteiger partial charge in [0.05, 0.1) is 23.1 Å². The lowest BCUT2D eigenvalue weighted by Crippen LogP contribution is -2.26. The average molecular weight is 403 g/mol. The second kappa shape index (κ2) is 7.95. The molecule has 0 saturated heterocycles. The third-order valence-corrected chi connectivity index (χ3v) is 5.47. The van der Waals surface area contributed by atoms with Crippen LogP contribution >= 0.6 is 0 Å². The summed E-state index contributed by atoms with van der Waals surface area (Å²) >= 11 is 0. The molecule has 7 nitrogen and oxygen atoms in total. The molecule has 2 aromatic rings. The van der Waals surface area contributed by atoms with E-state index in [9.17, 15) is 9.00 Å². The van der Waals surface area contributed by atoms with E-state index < -0.39 is 21.7 Å². The minimum atomic E-state index is -1.58. The fourth-order valence-electron chi connectivity index (χ4n) is 2.39. The lowest BCUT2D eigenvalue weighted by molar-refractivity contribution is -0.138. The quantitative estimate of drug-likeness (QED) is 0.545. The summed E-state index contributed by atoms with van der Waals surface area (Å²) in [5, 5.41) is 8.81. The van der Waals surface area contributed by atoms with Gasteiger partial charge >= 0.3 is 5.97 Å². The number of nitrogens with zero attached hydrogens (tertiary/aromatic N) is 4. The molecule has 3 rings (SSSR count). The van der Waals surface area contributed by atoms with Crippen molar-refractivity contribution in [3.05, 3.63) is 36.0 Å². The minimum Gasteiger partial charge on any atom is -0.458 e. The molecule has 1 aromatic carbocycles. The normalized spacial score (nSPS) is 16.3. The summed E-state index contributed by atoms with van der Waals surface area (Å²) in [6, 6.07) is 7.67. The molecule has 0 amide bonds. The van der Waals surface area contributed by atoms with E-state index in [1.165, 1.54) is 0 Å². The standard InChI is InChI=1S/C20H26N4O3S/c1-13(2)27-19(25)18(23-28(26)20(3,4)5)15-8-6-14(7-9-15)17-12-21-24(22-17)16-10-11-16/h6-9,12-13,16H,10-11H2,1-5H3/b23-18-/t28-/m0/s1. The van der Waals surface area contributed by atoms with Gasteiger partial charge < -0.3 is 4.74 Å². The Morgan fingerprint density at radius 1 is 1.25 bits per heavy atom. The molecule has 150 valence electrons. The van der Waals surface area contributed by atoms with Crippen molar-refractivity contribution in [1.29, 1.82) is 0 Å². The monoisotopic (exact) mass is 402 g/mol. The second-order valence-corrected chi connectivity index (χ2v) is 10.0. The van der Waals surface area contributed by atoms with Crippen molar-refractivity contribution in [1.82, 2.24) is 15.0 Å².